The van der Waals surface area contributed by atoms with Crippen molar-refractivity contribution >= 4 is 11.6 Å². The minimum atomic E-state index is -4.34. The first-order valence-corrected chi connectivity index (χ1v) is 4.74. The van der Waals surface area contributed by atoms with Gasteiger partial charge in [0.05, 0.1) is 12.5 Å². The summed E-state index contributed by atoms with van der Waals surface area (Å²) in [7, 11) is 0. The molecule has 0 aliphatic rings. The zero-order chi connectivity index (χ0) is 11.5. The third kappa shape index (κ3) is 5.04. The van der Waals surface area contributed by atoms with Crippen molar-refractivity contribution in [3.05, 3.63) is 34.9 Å². The van der Waals surface area contributed by atoms with Gasteiger partial charge in [-0.3, -0.25) is 0 Å². The van der Waals surface area contributed by atoms with Gasteiger partial charge in [0.1, 0.15) is 0 Å². The second-order valence-electron chi connectivity index (χ2n) is 3.31. The van der Waals surface area contributed by atoms with E-state index < -0.39 is 18.7 Å². The van der Waals surface area contributed by atoms with Crippen molar-refractivity contribution in [3.63, 3.8) is 0 Å². The van der Waals surface area contributed by atoms with E-state index in [4.69, 9.17) is 16.7 Å². The van der Waals surface area contributed by atoms with Gasteiger partial charge in [-0.25, -0.2) is 0 Å². The van der Waals surface area contributed by atoms with Crippen molar-refractivity contribution in [2.75, 3.05) is 0 Å². The fourth-order valence-electron chi connectivity index (χ4n) is 1.28. The normalized spacial score (nSPS) is 13.9. The minimum Gasteiger partial charge on any atom is -0.392 e. The topological polar surface area (TPSA) is 20.2 Å². The largest absolute Gasteiger partial charge is 0.392 e. The lowest BCUT2D eigenvalue weighted by Crippen LogP contribution is -2.21. The lowest BCUT2D eigenvalue weighted by atomic mass is 10.1. The predicted molar refractivity (Wildman–Crippen MR) is 51.8 cm³/mol. The van der Waals surface area contributed by atoms with Gasteiger partial charge in [-0.05, 0) is 24.1 Å². The number of aliphatic hydroxyl groups excluding tert-OH is 1. The van der Waals surface area contributed by atoms with E-state index in [1.165, 1.54) is 0 Å². The summed E-state index contributed by atoms with van der Waals surface area (Å²) in [5, 5.41) is 9.62. The molecule has 84 valence electrons. The number of hydrogen-bond donors (Lipinski definition) is 1. The molecule has 1 rings (SSSR count). The molecule has 0 radical (unpaired) electrons. The maximum absolute atomic E-state index is 11.9. The summed E-state index contributed by atoms with van der Waals surface area (Å²) < 4.78 is 35.7. The lowest BCUT2D eigenvalue weighted by molar-refractivity contribution is -0.153. The Kier molecular flexibility index (Phi) is 3.99. The summed E-state index contributed by atoms with van der Waals surface area (Å²) in [6.45, 7) is 0. The molecular weight excluding hydrogens is 229 g/mol. The van der Waals surface area contributed by atoms with Crippen molar-refractivity contribution in [2.24, 2.45) is 0 Å². The standard InChI is InChI=1S/C10H10ClF3O/c11-8-3-1-2-7(4-8)5-9(15)6-10(12,13)14/h1-4,9,15H,5-6H2. The molecular formula is C10H10ClF3O. The molecule has 0 fully saturated rings. The minimum absolute atomic E-state index is 0.0416. The molecule has 0 aliphatic heterocycles. The Balaban J connectivity index is 2.55. The molecule has 0 aromatic heterocycles. The van der Waals surface area contributed by atoms with Gasteiger partial charge in [-0.1, -0.05) is 23.7 Å². The van der Waals surface area contributed by atoms with Gasteiger partial charge in [0.25, 0.3) is 0 Å². The zero-order valence-corrected chi connectivity index (χ0v) is 8.52. The summed E-state index contributed by atoms with van der Waals surface area (Å²) in [5.41, 5.74) is 0.597. The van der Waals surface area contributed by atoms with Crippen LogP contribution in [0.3, 0.4) is 0 Å². The van der Waals surface area contributed by atoms with E-state index in [0.717, 1.165) is 0 Å². The molecule has 0 spiro atoms. The van der Waals surface area contributed by atoms with Crippen LogP contribution in [-0.4, -0.2) is 17.4 Å². The Labute approximate surface area is 90.5 Å². The lowest BCUT2D eigenvalue weighted by Gasteiger charge is -2.13. The Morgan fingerprint density at radius 1 is 1.33 bits per heavy atom. The average molecular weight is 239 g/mol. The summed E-state index contributed by atoms with van der Waals surface area (Å²) in [6.07, 6.45) is -6.99. The third-order valence-corrected chi connectivity index (χ3v) is 2.06. The highest BCUT2D eigenvalue weighted by atomic mass is 35.5. The van der Waals surface area contributed by atoms with Crippen LogP contribution in [0.1, 0.15) is 12.0 Å². The highest BCUT2D eigenvalue weighted by Crippen LogP contribution is 2.23. The Morgan fingerprint density at radius 3 is 2.53 bits per heavy atom. The summed E-state index contributed by atoms with van der Waals surface area (Å²) in [4.78, 5) is 0. The Morgan fingerprint density at radius 2 is 2.00 bits per heavy atom. The molecule has 0 amide bonds. The predicted octanol–water partition coefficient (Wildman–Crippen LogP) is 3.20. The second-order valence-corrected chi connectivity index (χ2v) is 3.74. The monoisotopic (exact) mass is 238 g/mol. The van der Waals surface area contributed by atoms with Crippen molar-refractivity contribution in [1.29, 1.82) is 0 Å². The molecule has 0 saturated carbocycles. The smallest absolute Gasteiger partial charge is 0.391 e. The van der Waals surface area contributed by atoms with Crippen LogP contribution >= 0.6 is 11.6 Å². The Hall–Kier alpha value is -0.740. The van der Waals surface area contributed by atoms with E-state index >= 15 is 0 Å². The summed E-state index contributed by atoms with van der Waals surface area (Å²) >= 11 is 5.66. The van der Waals surface area contributed by atoms with Gasteiger partial charge in [0.2, 0.25) is 0 Å². The average Bonchev–Trinajstić information content (AvgIpc) is 1.99. The van der Waals surface area contributed by atoms with Gasteiger partial charge in [-0.2, -0.15) is 13.2 Å². The number of hydrogen-bond acceptors (Lipinski definition) is 1. The Bertz CT molecular complexity index is 325. The van der Waals surface area contributed by atoms with E-state index in [1.54, 1.807) is 24.3 Å². The van der Waals surface area contributed by atoms with E-state index in [9.17, 15) is 13.2 Å². The molecule has 0 aliphatic carbocycles. The van der Waals surface area contributed by atoms with Gasteiger partial charge in [0.15, 0.2) is 0 Å². The van der Waals surface area contributed by atoms with Crippen LogP contribution in [0, 0.1) is 0 Å². The fourth-order valence-corrected chi connectivity index (χ4v) is 1.49. The van der Waals surface area contributed by atoms with E-state index in [2.05, 4.69) is 0 Å². The summed E-state index contributed by atoms with van der Waals surface area (Å²) in [5.74, 6) is 0. The van der Waals surface area contributed by atoms with Gasteiger partial charge in [0, 0.05) is 5.02 Å². The van der Waals surface area contributed by atoms with Crippen LogP contribution in [0.5, 0.6) is 0 Å². The van der Waals surface area contributed by atoms with Crippen LogP contribution in [0.4, 0.5) is 13.2 Å². The van der Waals surface area contributed by atoms with Gasteiger partial charge < -0.3 is 5.11 Å². The molecule has 0 heterocycles. The van der Waals surface area contributed by atoms with Crippen molar-refractivity contribution < 1.29 is 18.3 Å². The molecule has 1 nitrogen and oxygen atoms in total. The van der Waals surface area contributed by atoms with Crippen LogP contribution in [0.15, 0.2) is 24.3 Å². The maximum Gasteiger partial charge on any atom is 0.391 e. The molecule has 15 heavy (non-hydrogen) atoms. The highest BCUT2D eigenvalue weighted by molar-refractivity contribution is 6.30. The molecule has 0 bridgehead atoms. The number of alkyl halides is 3. The van der Waals surface area contributed by atoms with Crippen LogP contribution in [0.2, 0.25) is 5.02 Å². The van der Waals surface area contributed by atoms with Gasteiger partial charge >= 0.3 is 6.18 Å². The van der Waals surface area contributed by atoms with Crippen molar-refractivity contribution in [1.82, 2.24) is 0 Å². The zero-order valence-electron chi connectivity index (χ0n) is 7.76. The first kappa shape index (κ1) is 12.3. The molecule has 1 atom stereocenters. The maximum atomic E-state index is 11.9. The molecule has 1 N–H and O–H groups in total. The number of benzene rings is 1. The van der Waals surface area contributed by atoms with Crippen LogP contribution in [-0.2, 0) is 6.42 Å². The van der Waals surface area contributed by atoms with E-state index in [0.29, 0.717) is 10.6 Å². The van der Waals surface area contributed by atoms with Crippen molar-refractivity contribution in [3.8, 4) is 0 Å². The fraction of sp³-hybridized carbons (Fsp3) is 0.400. The van der Waals surface area contributed by atoms with Crippen LogP contribution < -0.4 is 0 Å². The molecule has 1 unspecified atom stereocenters. The molecule has 1 aromatic carbocycles. The van der Waals surface area contributed by atoms with E-state index in [1.807, 2.05) is 0 Å². The molecule has 5 heteroatoms. The first-order chi connectivity index (χ1) is 6.87. The number of aliphatic hydroxyl groups is 1. The van der Waals surface area contributed by atoms with Crippen LogP contribution in [0.25, 0.3) is 0 Å². The first-order valence-electron chi connectivity index (χ1n) is 4.36. The molecule has 1 aromatic rings. The second kappa shape index (κ2) is 4.86. The quantitative estimate of drug-likeness (QED) is 0.858. The number of rotatable bonds is 3. The van der Waals surface area contributed by atoms with Gasteiger partial charge in [-0.15, -0.1) is 0 Å². The van der Waals surface area contributed by atoms with E-state index in [-0.39, 0.29) is 6.42 Å². The van der Waals surface area contributed by atoms with Crippen molar-refractivity contribution in [2.45, 2.75) is 25.1 Å². The number of halogens is 4. The molecule has 0 saturated heterocycles. The third-order valence-electron chi connectivity index (χ3n) is 1.83. The SMILES string of the molecule is OC(Cc1cccc(Cl)c1)CC(F)(F)F. The summed E-state index contributed by atoms with van der Waals surface area (Å²) in [6, 6.07) is 6.44. The highest BCUT2D eigenvalue weighted by Gasteiger charge is 2.30.